The first kappa shape index (κ1) is 29.6. The number of hydrogen-bond acceptors (Lipinski definition) is 3. The minimum absolute atomic E-state index is 0.177. The van der Waals surface area contributed by atoms with E-state index in [2.05, 4.69) is 24.0 Å². The normalized spacial score (nSPS) is 12.3. The third kappa shape index (κ3) is 8.27. The Kier molecular flexibility index (Phi) is 11.3. The maximum absolute atomic E-state index is 13.7. The SMILES string of the molecule is [C-]#[N+]c1ccccc1-c1cc(C(=O)N[C@@H](Cc2ccccc2)[C@@H](O)CCCC)cc(C(=O)N(C)CCCC)c1. The third-order valence-corrected chi connectivity index (χ3v) is 6.90. The van der Waals surface area contributed by atoms with E-state index in [1.807, 2.05) is 42.5 Å². The van der Waals surface area contributed by atoms with Crippen LogP contribution in [0.5, 0.6) is 0 Å². The van der Waals surface area contributed by atoms with E-state index in [9.17, 15) is 14.7 Å². The Morgan fingerprint density at radius 1 is 0.949 bits per heavy atom. The van der Waals surface area contributed by atoms with E-state index in [0.29, 0.717) is 47.3 Å². The van der Waals surface area contributed by atoms with Gasteiger partial charge in [0, 0.05) is 24.7 Å². The van der Waals surface area contributed by atoms with Gasteiger partial charge in [-0.1, -0.05) is 87.7 Å². The van der Waals surface area contributed by atoms with Gasteiger partial charge in [0.05, 0.1) is 18.7 Å². The maximum atomic E-state index is 13.7. The Morgan fingerprint density at radius 3 is 2.31 bits per heavy atom. The van der Waals surface area contributed by atoms with Crippen molar-refractivity contribution in [1.82, 2.24) is 10.2 Å². The monoisotopic (exact) mass is 525 g/mol. The van der Waals surface area contributed by atoms with Gasteiger partial charge in [0.15, 0.2) is 5.69 Å². The van der Waals surface area contributed by atoms with Crippen molar-refractivity contribution < 1.29 is 14.7 Å². The Bertz CT molecular complexity index is 1280. The van der Waals surface area contributed by atoms with Crippen LogP contribution in [0.2, 0.25) is 0 Å². The van der Waals surface area contributed by atoms with E-state index < -0.39 is 12.1 Å². The van der Waals surface area contributed by atoms with Gasteiger partial charge in [-0.2, -0.15) is 0 Å². The van der Waals surface area contributed by atoms with Crippen molar-refractivity contribution in [3.8, 4) is 11.1 Å². The van der Waals surface area contributed by atoms with Crippen LogP contribution in [-0.2, 0) is 6.42 Å². The number of carbonyl (C=O) groups excluding carboxylic acids is 2. The van der Waals surface area contributed by atoms with E-state index in [0.717, 1.165) is 31.2 Å². The first-order valence-electron chi connectivity index (χ1n) is 13.8. The molecule has 2 atom stereocenters. The number of amides is 2. The predicted molar refractivity (Wildman–Crippen MR) is 157 cm³/mol. The molecule has 6 nitrogen and oxygen atoms in total. The molecule has 0 unspecified atom stereocenters. The summed E-state index contributed by atoms with van der Waals surface area (Å²) in [6.07, 6.45) is 4.01. The largest absolute Gasteiger partial charge is 0.391 e. The summed E-state index contributed by atoms with van der Waals surface area (Å²) in [6.45, 7) is 12.4. The lowest BCUT2D eigenvalue weighted by Crippen LogP contribution is -2.45. The van der Waals surface area contributed by atoms with Crippen molar-refractivity contribution in [2.45, 2.75) is 64.5 Å². The molecule has 0 aromatic heterocycles. The average molecular weight is 526 g/mol. The van der Waals surface area contributed by atoms with E-state index in [1.165, 1.54) is 0 Å². The zero-order chi connectivity index (χ0) is 28.2. The molecule has 0 saturated carbocycles. The Balaban J connectivity index is 2.00. The molecule has 6 heteroatoms. The summed E-state index contributed by atoms with van der Waals surface area (Å²) in [7, 11) is 1.76. The molecular weight excluding hydrogens is 486 g/mol. The van der Waals surface area contributed by atoms with Crippen LogP contribution in [0.25, 0.3) is 16.0 Å². The highest BCUT2D eigenvalue weighted by atomic mass is 16.3. The number of rotatable bonds is 13. The van der Waals surface area contributed by atoms with Gasteiger partial charge in [-0.15, -0.1) is 0 Å². The van der Waals surface area contributed by atoms with Crippen LogP contribution in [0.15, 0.2) is 72.8 Å². The smallest absolute Gasteiger partial charge is 0.253 e. The average Bonchev–Trinajstić information content (AvgIpc) is 2.97. The van der Waals surface area contributed by atoms with Gasteiger partial charge >= 0.3 is 0 Å². The van der Waals surface area contributed by atoms with Crippen molar-refractivity contribution in [1.29, 1.82) is 0 Å². The van der Waals surface area contributed by atoms with Gasteiger partial charge in [-0.3, -0.25) is 9.59 Å². The molecule has 2 amide bonds. The molecular formula is C33H39N3O3. The summed E-state index contributed by atoms with van der Waals surface area (Å²) >= 11 is 0. The van der Waals surface area contributed by atoms with Crippen LogP contribution in [-0.4, -0.2) is 47.6 Å². The van der Waals surface area contributed by atoms with Crippen LogP contribution in [0.1, 0.15) is 72.2 Å². The van der Waals surface area contributed by atoms with Gasteiger partial charge in [-0.05, 0) is 54.2 Å². The number of nitrogens with zero attached hydrogens (tertiary/aromatic N) is 2. The number of unbranched alkanes of at least 4 members (excludes halogenated alkanes) is 2. The lowest BCUT2D eigenvalue weighted by molar-refractivity contribution is 0.0793. The second kappa shape index (κ2) is 14.8. The first-order chi connectivity index (χ1) is 18.9. The lowest BCUT2D eigenvalue weighted by atomic mass is 9.95. The number of aliphatic hydroxyl groups is 1. The molecule has 0 aliphatic heterocycles. The highest BCUT2D eigenvalue weighted by molar-refractivity contribution is 6.02. The van der Waals surface area contributed by atoms with Crippen molar-refractivity contribution in [3.05, 3.63) is 101 Å². The molecule has 0 fully saturated rings. The van der Waals surface area contributed by atoms with Crippen molar-refractivity contribution in [3.63, 3.8) is 0 Å². The molecule has 204 valence electrons. The molecule has 0 bridgehead atoms. The van der Waals surface area contributed by atoms with Crippen molar-refractivity contribution in [2.75, 3.05) is 13.6 Å². The van der Waals surface area contributed by atoms with E-state index >= 15 is 0 Å². The fraction of sp³-hybridized carbons (Fsp3) is 0.364. The number of para-hydroxylation sites is 1. The molecule has 0 aliphatic rings. The van der Waals surface area contributed by atoms with Crippen LogP contribution in [0.4, 0.5) is 5.69 Å². The van der Waals surface area contributed by atoms with Crippen LogP contribution >= 0.6 is 0 Å². The number of benzene rings is 3. The van der Waals surface area contributed by atoms with Gasteiger partial charge in [-0.25, -0.2) is 4.85 Å². The Labute approximate surface area is 232 Å². The number of nitrogens with one attached hydrogen (secondary N) is 1. The predicted octanol–water partition coefficient (Wildman–Crippen LogP) is 6.67. The van der Waals surface area contributed by atoms with Crippen molar-refractivity contribution >= 4 is 17.5 Å². The molecule has 0 heterocycles. The number of hydrogen-bond donors (Lipinski definition) is 2. The first-order valence-corrected chi connectivity index (χ1v) is 13.8. The topological polar surface area (TPSA) is 74.0 Å². The summed E-state index contributed by atoms with van der Waals surface area (Å²) in [6, 6.07) is 21.6. The highest BCUT2D eigenvalue weighted by Crippen LogP contribution is 2.32. The van der Waals surface area contributed by atoms with Gasteiger partial charge in [0.25, 0.3) is 11.8 Å². The van der Waals surface area contributed by atoms with E-state index in [-0.39, 0.29) is 11.8 Å². The van der Waals surface area contributed by atoms with Gasteiger partial charge in [0.1, 0.15) is 0 Å². The molecule has 0 spiro atoms. The molecule has 0 saturated heterocycles. The Morgan fingerprint density at radius 2 is 1.62 bits per heavy atom. The molecule has 0 aliphatic carbocycles. The number of carbonyl (C=O) groups is 2. The summed E-state index contributed by atoms with van der Waals surface area (Å²) in [4.78, 5) is 32.3. The summed E-state index contributed by atoms with van der Waals surface area (Å²) in [5.41, 5.74) is 3.47. The molecule has 3 rings (SSSR count). The minimum Gasteiger partial charge on any atom is -0.391 e. The standard InChI is InChI=1S/C33H39N3O3/c1-5-7-18-31(37)30(20-24-14-10-9-11-15-24)35-32(38)26-21-25(28-16-12-13-17-29(28)34-3)22-27(23-26)33(39)36(4)19-8-6-2/h9-17,21-23,30-31,37H,5-8,18-20H2,1-2,4H3,(H,35,38)/t30-,31-/m0/s1. The summed E-state index contributed by atoms with van der Waals surface area (Å²) in [5.74, 6) is -0.539. The van der Waals surface area contributed by atoms with E-state index in [4.69, 9.17) is 6.57 Å². The highest BCUT2D eigenvalue weighted by Gasteiger charge is 2.24. The molecule has 3 aromatic rings. The van der Waals surface area contributed by atoms with Gasteiger partial charge in [0.2, 0.25) is 0 Å². The van der Waals surface area contributed by atoms with Crippen LogP contribution in [0, 0.1) is 6.57 Å². The fourth-order valence-electron chi connectivity index (χ4n) is 4.59. The fourth-order valence-corrected chi connectivity index (χ4v) is 4.59. The summed E-state index contributed by atoms with van der Waals surface area (Å²) < 4.78 is 0. The molecule has 39 heavy (non-hydrogen) atoms. The van der Waals surface area contributed by atoms with Crippen LogP contribution in [0.3, 0.4) is 0 Å². The van der Waals surface area contributed by atoms with Crippen molar-refractivity contribution in [2.24, 2.45) is 0 Å². The lowest BCUT2D eigenvalue weighted by Gasteiger charge is -2.25. The second-order valence-electron chi connectivity index (χ2n) is 9.99. The summed E-state index contributed by atoms with van der Waals surface area (Å²) in [5, 5.41) is 14.0. The maximum Gasteiger partial charge on any atom is 0.253 e. The number of aliphatic hydroxyl groups excluding tert-OH is 1. The third-order valence-electron chi connectivity index (χ3n) is 6.90. The Hall–Kier alpha value is -3.95. The van der Waals surface area contributed by atoms with Gasteiger partial charge < -0.3 is 15.3 Å². The minimum atomic E-state index is -0.707. The zero-order valence-corrected chi connectivity index (χ0v) is 23.2. The molecule has 3 aromatic carbocycles. The molecule has 0 radical (unpaired) electrons. The van der Waals surface area contributed by atoms with E-state index in [1.54, 1.807) is 42.3 Å². The molecule has 2 N–H and O–H groups in total. The van der Waals surface area contributed by atoms with Crippen LogP contribution < -0.4 is 5.32 Å². The zero-order valence-electron chi connectivity index (χ0n) is 23.2. The quantitative estimate of drug-likeness (QED) is 0.245. The second-order valence-corrected chi connectivity index (χ2v) is 9.99.